The van der Waals surface area contributed by atoms with Crippen molar-refractivity contribution in [2.45, 2.75) is 32.9 Å². The highest BCUT2D eigenvalue weighted by molar-refractivity contribution is 7.09. The summed E-state index contributed by atoms with van der Waals surface area (Å²) in [5.74, 6) is 1.70. The van der Waals surface area contributed by atoms with Crippen molar-refractivity contribution in [1.29, 1.82) is 0 Å². The Morgan fingerprint density at radius 3 is 3.00 bits per heavy atom. The average Bonchev–Trinajstić information content (AvgIpc) is 2.96. The molecule has 4 unspecified atom stereocenters. The highest BCUT2D eigenvalue weighted by Crippen LogP contribution is 2.37. The fourth-order valence-electron chi connectivity index (χ4n) is 3.45. The summed E-state index contributed by atoms with van der Waals surface area (Å²) in [5.41, 5.74) is 1.26. The first kappa shape index (κ1) is 11.6. The largest absolute Gasteiger partial charge is 0.316 e. The summed E-state index contributed by atoms with van der Waals surface area (Å²) >= 11 is 1.76. The van der Waals surface area contributed by atoms with Gasteiger partial charge in [-0.05, 0) is 45.7 Å². The van der Waals surface area contributed by atoms with Gasteiger partial charge < -0.3 is 5.32 Å². The number of nitrogens with zero attached hydrogens (tertiary/aromatic N) is 2. The van der Waals surface area contributed by atoms with E-state index in [-0.39, 0.29) is 0 Å². The van der Waals surface area contributed by atoms with Crippen molar-refractivity contribution < 1.29 is 0 Å². The van der Waals surface area contributed by atoms with Gasteiger partial charge >= 0.3 is 0 Å². The number of likely N-dealkylation sites (tertiary alicyclic amines) is 1. The topological polar surface area (TPSA) is 28.2 Å². The molecule has 94 valence electrons. The van der Waals surface area contributed by atoms with Gasteiger partial charge in [-0.2, -0.15) is 0 Å². The Balaban J connectivity index is 1.77. The fraction of sp³-hybridized carbons (Fsp3) is 0.769. The van der Waals surface area contributed by atoms with Crippen molar-refractivity contribution >= 4 is 11.3 Å². The molecule has 1 aromatic heterocycles. The SMILES string of the molecule is Cc1nc(C(C)N2CC3CNCC3C2C)cs1. The second kappa shape index (κ2) is 4.34. The number of aryl methyl sites for hydroxylation is 1. The maximum absolute atomic E-state index is 4.64. The van der Waals surface area contributed by atoms with E-state index in [0.29, 0.717) is 12.1 Å². The van der Waals surface area contributed by atoms with Gasteiger partial charge in [-0.25, -0.2) is 4.98 Å². The van der Waals surface area contributed by atoms with E-state index >= 15 is 0 Å². The van der Waals surface area contributed by atoms with E-state index in [2.05, 4.69) is 41.4 Å². The monoisotopic (exact) mass is 251 g/mol. The first-order valence-corrected chi connectivity index (χ1v) is 7.43. The summed E-state index contributed by atoms with van der Waals surface area (Å²) in [7, 11) is 0. The number of rotatable bonds is 2. The molecule has 0 amide bonds. The third-order valence-electron chi connectivity index (χ3n) is 4.54. The Labute approximate surface area is 107 Å². The minimum Gasteiger partial charge on any atom is -0.316 e. The number of hydrogen-bond acceptors (Lipinski definition) is 4. The van der Waals surface area contributed by atoms with Gasteiger partial charge in [-0.3, -0.25) is 4.90 Å². The summed E-state index contributed by atoms with van der Waals surface area (Å²) < 4.78 is 0. The van der Waals surface area contributed by atoms with Crippen LogP contribution in [0.1, 0.15) is 30.6 Å². The van der Waals surface area contributed by atoms with E-state index in [4.69, 9.17) is 0 Å². The molecule has 2 aliphatic heterocycles. The van der Waals surface area contributed by atoms with E-state index in [1.807, 2.05) is 0 Å². The second-order valence-corrected chi connectivity index (χ2v) is 6.55. The Morgan fingerprint density at radius 2 is 2.35 bits per heavy atom. The van der Waals surface area contributed by atoms with Crippen LogP contribution < -0.4 is 5.32 Å². The average molecular weight is 251 g/mol. The standard InChI is InChI=1S/C13H21N3S/c1-8-12-5-14-4-11(12)6-16(8)9(2)13-7-17-10(3)15-13/h7-9,11-12,14H,4-6H2,1-3H3. The molecule has 0 aliphatic carbocycles. The summed E-state index contributed by atoms with van der Waals surface area (Å²) in [5, 5.41) is 6.92. The van der Waals surface area contributed by atoms with E-state index in [9.17, 15) is 0 Å². The maximum Gasteiger partial charge on any atom is 0.0898 e. The Bertz CT molecular complexity index is 403. The normalized spacial score (nSPS) is 35.1. The molecule has 0 bridgehead atoms. The molecule has 4 atom stereocenters. The molecule has 0 radical (unpaired) electrons. The van der Waals surface area contributed by atoms with Gasteiger partial charge in [0.15, 0.2) is 0 Å². The van der Waals surface area contributed by atoms with Crippen molar-refractivity contribution in [2.24, 2.45) is 11.8 Å². The number of fused-ring (bicyclic) bond motifs is 1. The Hall–Kier alpha value is -0.450. The summed E-state index contributed by atoms with van der Waals surface area (Å²) in [6.07, 6.45) is 0. The van der Waals surface area contributed by atoms with E-state index in [1.54, 1.807) is 11.3 Å². The highest BCUT2D eigenvalue weighted by Gasteiger charge is 2.43. The lowest BCUT2D eigenvalue weighted by Gasteiger charge is -2.29. The van der Waals surface area contributed by atoms with Gasteiger partial charge in [-0.15, -0.1) is 11.3 Å². The molecule has 2 saturated heterocycles. The van der Waals surface area contributed by atoms with Crippen molar-refractivity contribution in [1.82, 2.24) is 15.2 Å². The third kappa shape index (κ3) is 1.92. The third-order valence-corrected chi connectivity index (χ3v) is 5.33. The molecule has 2 aliphatic rings. The molecule has 1 aromatic rings. The molecule has 4 heteroatoms. The van der Waals surface area contributed by atoms with Crippen LogP contribution in [0.2, 0.25) is 0 Å². The van der Waals surface area contributed by atoms with E-state index in [1.165, 1.54) is 30.3 Å². The van der Waals surface area contributed by atoms with Crippen LogP contribution in [0, 0.1) is 18.8 Å². The predicted octanol–water partition coefficient (Wildman–Crippen LogP) is 2.05. The van der Waals surface area contributed by atoms with Crippen LogP contribution >= 0.6 is 11.3 Å². The van der Waals surface area contributed by atoms with Gasteiger partial charge in [0.2, 0.25) is 0 Å². The molecule has 17 heavy (non-hydrogen) atoms. The maximum atomic E-state index is 4.64. The molecule has 3 nitrogen and oxygen atoms in total. The molecule has 0 saturated carbocycles. The number of thiazole rings is 1. The molecular weight excluding hydrogens is 230 g/mol. The minimum atomic E-state index is 0.473. The molecule has 3 heterocycles. The quantitative estimate of drug-likeness (QED) is 0.872. The van der Waals surface area contributed by atoms with Gasteiger partial charge in [0.05, 0.1) is 16.7 Å². The number of aromatic nitrogens is 1. The molecule has 1 N–H and O–H groups in total. The van der Waals surface area contributed by atoms with Crippen molar-refractivity contribution in [3.63, 3.8) is 0 Å². The van der Waals surface area contributed by atoms with E-state index in [0.717, 1.165) is 11.8 Å². The lowest BCUT2D eigenvalue weighted by Crippen LogP contribution is -2.35. The molecular formula is C13H21N3S. The Kier molecular flexibility index (Phi) is 2.97. The smallest absolute Gasteiger partial charge is 0.0898 e. The van der Waals surface area contributed by atoms with Crippen LogP contribution in [0.5, 0.6) is 0 Å². The van der Waals surface area contributed by atoms with Crippen LogP contribution in [0.4, 0.5) is 0 Å². The van der Waals surface area contributed by atoms with Crippen LogP contribution in [0.3, 0.4) is 0 Å². The van der Waals surface area contributed by atoms with Crippen LogP contribution in [0.25, 0.3) is 0 Å². The van der Waals surface area contributed by atoms with Gasteiger partial charge in [0.25, 0.3) is 0 Å². The van der Waals surface area contributed by atoms with Gasteiger partial charge in [0, 0.05) is 18.0 Å². The molecule has 0 aromatic carbocycles. The lowest BCUT2D eigenvalue weighted by atomic mass is 9.95. The zero-order valence-corrected chi connectivity index (χ0v) is 11.6. The fourth-order valence-corrected chi connectivity index (χ4v) is 4.15. The number of nitrogens with one attached hydrogen (secondary N) is 1. The molecule has 3 rings (SSSR count). The predicted molar refractivity (Wildman–Crippen MR) is 71.3 cm³/mol. The first-order valence-electron chi connectivity index (χ1n) is 6.55. The first-order chi connectivity index (χ1) is 8.16. The number of hydrogen-bond donors (Lipinski definition) is 1. The molecule has 0 spiro atoms. The van der Waals surface area contributed by atoms with Crippen LogP contribution in [0.15, 0.2) is 5.38 Å². The van der Waals surface area contributed by atoms with Crippen LogP contribution in [-0.4, -0.2) is 35.6 Å². The van der Waals surface area contributed by atoms with Crippen molar-refractivity contribution in [3.8, 4) is 0 Å². The lowest BCUT2D eigenvalue weighted by molar-refractivity contribution is 0.179. The van der Waals surface area contributed by atoms with Crippen LogP contribution in [-0.2, 0) is 0 Å². The second-order valence-electron chi connectivity index (χ2n) is 5.49. The summed E-state index contributed by atoms with van der Waals surface area (Å²) in [6, 6.07) is 1.16. The van der Waals surface area contributed by atoms with Gasteiger partial charge in [-0.1, -0.05) is 0 Å². The van der Waals surface area contributed by atoms with Gasteiger partial charge in [0.1, 0.15) is 0 Å². The van der Waals surface area contributed by atoms with Crippen molar-refractivity contribution in [3.05, 3.63) is 16.1 Å². The molecule has 2 fully saturated rings. The minimum absolute atomic E-state index is 0.473. The summed E-state index contributed by atoms with van der Waals surface area (Å²) in [4.78, 5) is 7.29. The Morgan fingerprint density at radius 1 is 1.53 bits per heavy atom. The van der Waals surface area contributed by atoms with Crippen molar-refractivity contribution in [2.75, 3.05) is 19.6 Å². The zero-order chi connectivity index (χ0) is 12.0. The zero-order valence-electron chi connectivity index (χ0n) is 10.8. The van der Waals surface area contributed by atoms with E-state index < -0.39 is 0 Å². The summed E-state index contributed by atoms with van der Waals surface area (Å²) in [6.45, 7) is 10.4. The highest BCUT2D eigenvalue weighted by atomic mass is 32.1.